The molecule has 0 fully saturated rings. The number of nitrogens with zero attached hydrogens (tertiary/aromatic N) is 1. The van der Waals surface area contributed by atoms with Gasteiger partial charge in [-0.25, -0.2) is 9.37 Å². The van der Waals surface area contributed by atoms with Crippen molar-refractivity contribution in [3.8, 4) is 22.8 Å². The molecule has 0 spiro atoms. The Kier molecular flexibility index (Phi) is 6.51. The van der Waals surface area contributed by atoms with Gasteiger partial charge >= 0.3 is 0 Å². The van der Waals surface area contributed by atoms with Gasteiger partial charge < -0.3 is 9.47 Å². The lowest BCUT2D eigenvalue weighted by atomic mass is 10.0. The van der Waals surface area contributed by atoms with Crippen molar-refractivity contribution in [2.75, 3.05) is 14.2 Å². The SMILES string of the molecule is COc1ccc(C(=O)CCC(=O)c2cc(C)cc(-c3csc4c(F)cccc34)n2)cc1OC. The maximum atomic E-state index is 14.1. The maximum absolute atomic E-state index is 14.1. The van der Waals surface area contributed by atoms with Crippen LogP contribution in [0.4, 0.5) is 4.39 Å². The fraction of sp³-hybridized carbons (Fsp3) is 0.192. The molecular formula is C26H22FNO4S. The van der Waals surface area contributed by atoms with E-state index in [1.54, 1.807) is 30.3 Å². The van der Waals surface area contributed by atoms with E-state index in [2.05, 4.69) is 4.98 Å². The Morgan fingerprint density at radius 2 is 1.73 bits per heavy atom. The molecule has 7 heteroatoms. The number of aryl methyl sites for hydroxylation is 1. The quantitative estimate of drug-likeness (QED) is 0.288. The molecule has 0 saturated heterocycles. The summed E-state index contributed by atoms with van der Waals surface area (Å²) in [6, 6.07) is 13.4. The van der Waals surface area contributed by atoms with Gasteiger partial charge in [0.05, 0.1) is 24.6 Å². The van der Waals surface area contributed by atoms with Gasteiger partial charge in [0.25, 0.3) is 0 Å². The third-order valence-corrected chi connectivity index (χ3v) is 6.37. The largest absolute Gasteiger partial charge is 0.493 e. The van der Waals surface area contributed by atoms with Crippen molar-refractivity contribution in [1.29, 1.82) is 0 Å². The zero-order chi connectivity index (χ0) is 23.5. The highest BCUT2D eigenvalue weighted by Gasteiger charge is 2.17. The molecule has 4 aromatic rings. The van der Waals surface area contributed by atoms with Crippen molar-refractivity contribution in [3.05, 3.63) is 76.5 Å². The number of ketones is 2. The number of fused-ring (bicyclic) bond motifs is 1. The van der Waals surface area contributed by atoms with Gasteiger partial charge in [0.15, 0.2) is 23.1 Å². The molecule has 0 unspecified atom stereocenters. The molecule has 4 rings (SSSR count). The Bertz CT molecular complexity index is 1360. The molecule has 0 aliphatic heterocycles. The molecule has 0 N–H and O–H groups in total. The summed E-state index contributed by atoms with van der Waals surface area (Å²) in [7, 11) is 3.03. The van der Waals surface area contributed by atoms with Gasteiger partial charge in [0, 0.05) is 34.7 Å². The second kappa shape index (κ2) is 9.50. The monoisotopic (exact) mass is 463 g/mol. The molecule has 5 nitrogen and oxygen atoms in total. The highest BCUT2D eigenvalue weighted by atomic mass is 32.1. The molecule has 0 radical (unpaired) electrons. The van der Waals surface area contributed by atoms with E-state index < -0.39 is 0 Å². The minimum atomic E-state index is -0.277. The smallest absolute Gasteiger partial charge is 0.181 e. The summed E-state index contributed by atoms with van der Waals surface area (Å²) < 4.78 is 25.1. The van der Waals surface area contributed by atoms with Crippen molar-refractivity contribution >= 4 is 33.0 Å². The van der Waals surface area contributed by atoms with Crippen molar-refractivity contribution < 1.29 is 23.5 Å². The van der Waals surface area contributed by atoms with Gasteiger partial charge in [-0.1, -0.05) is 12.1 Å². The van der Waals surface area contributed by atoms with Gasteiger partial charge in [0.1, 0.15) is 11.5 Å². The number of halogens is 1. The minimum Gasteiger partial charge on any atom is -0.493 e. The van der Waals surface area contributed by atoms with E-state index in [9.17, 15) is 14.0 Å². The van der Waals surface area contributed by atoms with E-state index in [-0.39, 0.29) is 30.2 Å². The lowest BCUT2D eigenvalue weighted by Gasteiger charge is -2.09. The Hall–Kier alpha value is -3.58. The minimum absolute atomic E-state index is 0.0298. The number of pyridine rings is 1. The predicted octanol–water partition coefficient (Wildman–Crippen LogP) is 6.27. The molecule has 0 saturated carbocycles. The molecule has 0 bridgehead atoms. The first-order chi connectivity index (χ1) is 15.9. The normalized spacial score (nSPS) is 10.9. The standard InChI is InChI=1S/C26H22FNO4S/c1-15-11-20(18-14-33-26-17(18)5-4-6-19(26)27)28-21(12-15)23(30)9-8-22(29)16-7-10-24(31-2)25(13-16)32-3/h4-7,10-14H,8-9H2,1-3H3. The van der Waals surface area contributed by atoms with E-state index in [1.807, 2.05) is 24.4 Å². The van der Waals surface area contributed by atoms with Crippen LogP contribution in [0, 0.1) is 12.7 Å². The zero-order valence-electron chi connectivity index (χ0n) is 18.5. The summed E-state index contributed by atoms with van der Waals surface area (Å²) in [5, 5.41) is 2.62. The van der Waals surface area contributed by atoms with E-state index >= 15 is 0 Å². The molecule has 2 heterocycles. The van der Waals surface area contributed by atoms with E-state index in [0.717, 1.165) is 16.5 Å². The van der Waals surface area contributed by atoms with Crippen molar-refractivity contribution in [1.82, 2.24) is 4.98 Å². The maximum Gasteiger partial charge on any atom is 0.181 e. The van der Waals surface area contributed by atoms with E-state index in [4.69, 9.17) is 9.47 Å². The van der Waals surface area contributed by atoms with Crippen LogP contribution in [0.1, 0.15) is 39.3 Å². The average molecular weight is 464 g/mol. The summed E-state index contributed by atoms with van der Waals surface area (Å²) in [4.78, 5) is 30.1. The predicted molar refractivity (Wildman–Crippen MR) is 127 cm³/mol. The fourth-order valence-electron chi connectivity index (χ4n) is 3.68. The van der Waals surface area contributed by atoms with Crippen LogP contribution >= 0.6 is 11.3 Å². The third kappa shape index (κ3) is 4.64. The molecule has 2 aromatic carbocycles. The number of carbonyl (C=O) groups excluding carboxylic acids is 2. The molecule has 2 aromatic heterocycles. The van der Waals surface area contributed by atoms with Crippen LogP contribution in [0.25, 0.3) is 21.3 Å². The molecular weight excluding hydrogens is 441 g/mol. The highest BCUT2D eigenvalue weighted by molar-refractivity contribution is 7.17. The number of methoxy groups -OCH3 is 2. The second-order valence-electron chi connectivity index (χ2n) is 7.60. The highest BCUT2D eigenvalue weighted by Crippen LogP contribution is 2.35. The van der Waals surface area contributed by atoms with Crippen LogP contribution in [0.15, 0.2) is 53.9 Å². The number of benzene rings is 2. The summed E-state index contributed by atoms with van der Waals surface area (Å²) in [6.07, 6.45) is 0.0773. The lowest BCUT2D eigenvalue weighted by molar-refractivity contribution is 0.0915. The number of hydrogen-bond donors (Lipinski definition) is 0. The number of Topliss-reactive ketones (excluding diaryl/α,β-unsaturated/α-hetero) is 2. The first kappa shape index (κ1) is 22.6. The summed E-state index contributed by atoms with van der Waals surface area (Å²) >= 11 is 1.31. The fourth-order valence-corrected chi connectivity index (χ4v) is 4.65. The molecule has 0 aliphatic carbocycles. The zero-order valence-corrected chi connectivity index (χ0v) is 19.3. The van der Waals surface area contributed by atoms with Crippen LogP contribution in [-0.2, 0) is 0 Å². The third-order valence-electron chi connectivity index (χ3n) is 5.37. The Morgan fingerprint density at radius 1 is 0.970 bits per heavy atom. The average Bonchev–Trinajstić information content (AvgIpc) is 3.27. The number of ether oxygens (including phenoxy) is 2. The Morgan fingerprint density at radius 3 is 2.48 bits per heavy atom. The molecule has 0 aliphatic rings. The first-order valence-electron chi connectivity index (χ1n) is 10.3. The van der Waals surface area contributed by atoms with Crippen LogP contribution in [0.5, 0.6) is 11.5 Å². The molecule has 33 heavy (non-hydrogen) atoms. The molecule has 168 valence electrons. The van der Waals surface area contributed by atoms with Gasteiger partial charge in [-0.15, -0.1) is 11.3 Å². The molecule has 0 atom stereocenters. The topological polar surface area (TPSA) is 65.5 Å². The van der Waals surface area contributed by atoms with Gasteiger partial charge in [0.2, 0.25) is 0 Å². The number of aromatic nitrogens is 1. The van der Waals surface area contributed by atoms with E-state index in [1.165, 1.54) is 31.6 Å². The van der Waals surface area contributed by atoms with Crippen molar-refractivity contribution in [2.45, 2.75) is 19.8 Å². The summed E-state index contributed by atoms with van der Waals surface area (Å²) in [6.45, 7) is 1.88. The van der Waals surface area contributed by atoms with Crippen LogP contribution < -0.4 is 9.47 Å². The number of rotatable bonds is 8. The van der Waals surface area contributed by atoms with Crippen LogP contribution in [0.3, 0.4) is 0 Å². The van der Waals surface area contributed by atoms with Crippen LogP contribution in [-0.4, -0.2) is 30.8 Å². The lowest BCUT2D eigenvalue weighted by Crippen LogP contribution is -2.08. The van der Waals surface area contributed by atoms with Crippen LogP contribution in [0.2, 0.25) is 0 Å². The Balaban J connectivity index is 1.54. The number of thiophene rings is 1. The number of carbonyl (C=O) groups is 2. The van der Waals surface area contributed by atoms with E-state index in [0.29, 0.717) is 33.2 Å². The van der Waals surface area contributed by atoms with Crippen molar-refractivity contribution in [2.24, 2.45) is 0 Å². The molecule has 0 amide bonds. The summed E-state index contributed by atoms with van der Waals surface area (Å²) in [5.74, 6) is 0.318. The number of hydrogen-bond acceptors (Lipinski definition) is 6. The van der Waals surface area contributed by atoms with Crippen molar-refractivity contribution in [3.63, 3.8) is 0 Å². The van der Waals surface area contributed by atoms with Gasteiger partial charge in [-0.2, -0.15) is 0 Å². The first-order valence-corrected chi connectivity index (χ1v) is 11.2. The second-order valence-corrected chi connectivity index (χ2v) is 8.48. The summed E-state index contributed by atoms with van der Waals surface area (Å²) in [5.41, 5.74) is 3.01. The van der Waals surface area contributed by atoms with Gasteiger partial charge in [-0.3, -0.25) is 9.59 Å². The van der Waals surface area contributed by atoms with Gasteiger partial charge in [-0.05, 0) is 48.9 Å². The Labute approximate surface area is 194 Å².